The van der Waals surface area contributed by atoms with Crippen molar-refractivity contribution in [3.8, 4) is 11.1 Å². The van der Waals surface area contributed by atoms with E-state index in [1.165, 1.54) is 26.0 Å². The number of pyridine rings is 1. The van der Waals surface area contributed by atoms with Gasteiger partial charge >= 0.3 is 26.0 Å². The van der Waals surface area contributed by atoms with Crippen molar-refractivity contribution in [3.05, 3.63) is 93.0 Å². The van der Waals surface area contributed by atoms with Crippen molar-refractivity contribution in [3.63, 3.8) is 0 Å². The molecule has 1 aliphatic carbocycles. The fourth-order valence-electron chi connectivity index (χ4n) is 8.26. The third-order valence-corrected chi connectivity index (χ3v) is 16.5. The number of carbonyl (C=O) groups is 2. The zero-order valence-electron chi connectivity index (χ0n) is 39.4. The van der Waals surface area contributed by atoms with Crippen molar-refractivity contribution in [2.45, 2.75) is 95.0 Å². The standard InChI is InChI=1S/C43H46ClF10N8O9PS2/c1-22-15-29-36(43(52,53)54)58-60(37(29)42(22,50)51)20-32(63)57-31(18-23-16-24(45)19-25(46)17-23)34-27(8-7-26(56-34)11-12-40(2,3)73(4,68)69)28-9-10-30(44)33-35(28)61(21-41(47,48)49)59-38(33)62(74(5,70)71)39(64)55-13-6-14-72(65,66)67/h7-10,16-17,19,22,31H,6,11-15,18,20-21H2,1-5H3,(H,55,64)(H,57,63)(H2,65,66,67)/t22-,31+/m1/s1. The van der Waals surface area contributed by atoms with E-state index < -0.39 is 175 Å². The van der Waals surface area contributed by atoms with Crippen LogP contribution < -0.4 is 14.9 Å². The highest BCUT2D eigenvalue weighted by Crippen LogP contribution is 2.50. The topological polar surface area (TPSA) is 236 Å². The minimum absolute atomic E-state index is 0.0202. The SMILES string of the molecule is C[C@@H]1Cc2c(C(F)(F)F)nn(CC(=O)N[C@@H](Cc3cc(F)cc(F)c3)c3nc(CCC(C)(C)S(C)(=O)=O)ccc3-c3ccc(Cl)c4c(N(C(=O)NCCCP(=O)(O)O)S(C)(=O)=O)nn(CC(F)(F)F)c34)c2C1(F)F. The molecule has 0 spiro atoms. The highest BCUT2D eigenvalue weighted by molar-refractivity contribution is 7.93. The molecular formula is C43H46ClF10N8O9PS2. The van der Waals surface area contributed by atoms with E-state index in [1.54, 1.807) is 0 Å². The first-order valence-electron chi connectivity index (χ1n) is 21.9. The lowest BCUT2D eigenvalue weighted by molar-refractivity contribution is -0.143. The van der Waals surface area contributed by atoms with Crippen LogP contribution in [0, 0.1) is 17.6 Å². The van der Waals surface area contributed by atoms with Crippen molar-refractivity contribution in [2.75, 3.05) is 29.5 Å². The van der Waals surface area contributed by atoms with Crippen LogP contribution in [0.2, 0.25) is 5.02 Å². The second-order valence-corrected chi connectivity index (χ2v) is 25.0. The third kappa shape index (κ3) is 13.0. The number of carbonyl (C=O) groups excluding carboxylic acids is 2. The maximum Gasteiger partial charge on any atom is 0.435 e. The quantitative estimate of drug-likeness (QED) is 0.0371. The normalized spacial score (nSPS) is 15.8. The molecule has 6 rings (SSSR count). The number of hydrogen-bond acceptors (Lipinski definition) is 10. The Balaban J connectivity index is 1.61. The van der Waals surface area contributed by atoms with Gasteiger partial charge in [-0.3, -0.25) is 23.7 Å². The smallest absolute Gasteiger partial charge is 0.346 e. The molecule has 3 heterocycles. The molecule has 3 amide bonds. The Morgan fingerprint density at radius 2 is 1.58 bits per heavy atom. The average molecular weight is 1140 g/mol. The largest absolute Gasteiger partial charge is 0.435 e. The Morgan fingerprint density at radius 3 is 2.15 bits per heavy atom. The molecule has 0 bridgehead atoms. The Hall–Kier alpha value is -5.35. The first-order valence-corrected chi connectivity index (χ1v) is 27.8. The number of fused-ring (bicyclic) bond motifs is 2. The molecule has 2 aromatic carbocycles. The highest BCUT2D eigenvalue weighted by Gasteiger charge is 2.54. The predicted octanol–water partition coefficient (Wildman–Crippen LogP) is 7.99. The maximum atomic E-state index is 15.6. The molecule has 2 atom stereocenters. The minimum Gasteiger partial charge on any atom is -0.346 e. The second kappa shape index (κ2) is 20.6. The number of aryl methyl sites for hydroxylation is 1. The van der Waals surface area contributed by atoms with Gasteiger partial charge in [-0.05, 0) is 75.8 Å². The average Bonchev–Trinajstić information content (AvgIpc) is 3.85. The van der Waals surface area contributed by atoms with Crippen LogP contribution in [-0.2, 0) is 73.7 Å². The fourth-order valence-corrected chi connectivity index (χ4v) is 10.3. The number of amides is 3. The predicted molar refractivity (Wildman–Crippen MR) is 248 cm³/mol. The number of sulfone groups is 1. The highest BCUT2D eigenvalue weighted by atomic mass is 35.5. The van der Waals surface area contributed by atoms with Crippen LogP contribution in [0.15, 0.2) is 42.5 Å². The van der Waals surface area contributed by atoms with Gasteiger partial charge < -0.3 is 20.4 Å². The van der Waals surface area contributed by atoms with Crippen LogP contribution in [0.25, 0.3) is 22.0 Å². The fraction of sp³-hybridized carbons (Fsp3) is 0.465. The number of sulfonamides is 1. The van der Waals surface area contributed by atoms with Gasteiger partial charge in [0.25, 0.3) is 5.92 Å². The van der Waals surface area contributed by atoms with Crippen molar-refractivity contribution < 1.29 is 84.7 Å². The van der Waals surface area contributed by atoms with Crippen molar-refractivity contribution in [1.82, 2.24) is 35.2 Å². The number of benzene rings is 2. The van der Waals surface area contributed by atoms with Crippen LogP contribution in [0.5, 0.6) is 0 Å². The van der Waals surface area contributed by atoms with Gasteiger partial charge in [0.05, 0.1) is 44.8 Å². The van der Waals surface area contributed by atoms with Crippen LogP contribution in [0.4, 0.5) is 54.5 Å². The molecule has 74 heavy (non-hydrogen) atoms. The summed E-state index contributed by atoms with van der Waals surface area (Å²) in [7, 11) is -13.2. The summed E-state index contributed by atoms with van der Waals surface area (Å²) in [5.41, 5.74) is -5.71. The third-order valence-electron chi connectivity index (χ3n) is 12.1. The first-order chi connectivity index (χ1) is 33.8. The Labute approximate surface area is 420 Å². The summed E-state index contributed by atoms with van der Waals surface area (Å²) in [6.45, 7) is -0.130. The number of urea groups is 1. The molecule has 17 nitrogen and oxygen atoms in total. The monoisotopic (exact) mass is 1140 g/mol. The van der Waals surface area contributed by atoms with Crippen molar-refractivity contribution >= 4 is 67.7 Å². The van der Waals surface area contributed by atoms with E-state index in [9.17, 15) is 75.9 Å². The molecule has 0 saturated carbocycles. The maximum absolute atomic E-state index is 15.6. The van der Waals surface area contributed by atoms with E-state index in [0.29, 0.717) is 12.3 Å². The molecule has 0 radical (unpaired) electrons. The van der Waals surface area contributed by atoms with Crippen molar-refractivity contribution in [2.24, 2.45) is 5.92 Å². The molecule has 0 aliphatic heterocycles. The molecule has 0 saturated heterocycles. The Bertz CT molecular complexity index is 3270. The van der Waals surface area contributed by atoms with E-state index in [0.717, 1.165) is 37.4 Å². The molecule has 1 aliphatic rings. The number of nitrogens with one attached hydrogen (secondary N) is 2. The molecule has 5 aromatic rings. The van der Waals surface area contributed by atoms with Gasteiger partial charge in [0.15, 0.2) is 21.3 Å². The number of halogens is 11. The van der Waals surface area contributed by atoms with Crippen molar-refractivity contribution in [1.29, 1.82) is 0 Å². The number of alkyl halides is 8. The van der Waals surface area contributed by atoms with Crippen LogP contribution in [0.3, 0.4) is 0 Å². The number of anilines is 1. The lowest BCUT2D eigenvalue weighted by atomic mass is 9.93. The van der Waals surface area contributed by atoms with Gasteiger partial charge in [-0.2, -0.15) is 49.6 Å². The summed E-state index contributed by atoms with van der Waals surface area (Å²) in [6, 6.07) is 3.40. The second-order valence-electron chi connectivity index (χ2n) is 18.3. The molecule has 406 valence electrons. The van der Waals surface area contributed by atoms with E-state index >= 15 is 8.78 Å². The molecular weight excluding hydrogens is 1090 g/mol. The zero-order chi connectivity index (χ0) is 55.5. The molecule has 0 fully saturated rings. The van der Waals surface area contributed by atoms with Crippen LogP contribution >= 0.6 is 19.2 Å². The minimum atomic E-state index is -5.25. The summed E-state index contributed by atoms with van der Waals surface area (Å²) in [6.07, 6.45) is -11.9. The Morgan fingerprint density at radius 1 is 0.959 bits per heavy atom. The lowest BCUT2D eigenvalue weighted by Crippen LogP contribution is -2.44. The summed E-state index contributed by atoms with van der Waals surface area (Å²) in [5, 5.41) is 10.6. The number of nitrogens with zero attached hydrogens (tertiary/aromatic N) is 6. The molecule has 31 heteroatoms. The van der Waals surface area contributed by atoms with E-state index in [1.807, 2.05) is 0 Å². The molecule has 0 unspecified atom stereocenters. The molecule has 4 N–H and O–H groups in total. The summed E-state index contributed by atoms with van der Waals surface area (Å²) in [5.74, 6) is -10.3. The van der Waals surface area contributed by atoms with Gasteiger partial charge in [-0.15, -0.1) is 0 Å². The van der Waals surface area contributed by atoms with Gasteiger partial charge in [0.1, 0.15) is 30.4 Å². The Kier molecular flexibility index (Phi) is 16.2. The summed E-state index contributed by atoms with van der Waals surface area (Å²) >= 11 is 6.61. The summed E-state index contributed by atoms with van der Waals surface area (Å²) < 4.78 is 209. The van der Waals surface area contributed by atoms with Gasteiger partial charge in [0, 0.05) is 47.2 Å². The first kappa shape index (κ1) is 57.9. The van der Waals surface area contributed by atoms with Gasteiger partial charge in [-0.25, -0.2) is 30.4 Å². The van der Waals surface area contributed by atoms with E-state index in [-0.39, 0.29) is 48.9 Å². The van der Waals surface area contributed by atoms with E-state index in [4.69, 9.17) is 11.6 Å². The number of aromatic nitrogens is 5. The van der Waals surface area contributed by atoms with Crippen LogP contribution in [0.1, 0.15) is 73.6 Å². The van der Waals surface area contributed by atoms with E-state index in [2.05, 4.69) is 25.8 Å². The zero-order valence-corrected chi connectivity index (χ0v) is 42.7. The number of hydrogen-bond donors (Lipinski definition) is 4. The number of rotatable bonds is 18. The van der Waals surface area contributed by atoms with Gasteiger partial charge in [0.2, 0.25) is 15.9 Å². The van der Waals surface area contributed by atoms with Gasteiger partial charge in [-0.1, -0.05) is 30.7 Å². The van der Waals surface area contributed by atoms with Crippen LogP contribution in [-0.4, -0.2) is 99.2 Å². The molecule has 3 aromatic heterocycles. The summed E-state index contributed by atoms with van der Waals surface area (Å²) in [4.78, 5) is 50.9. The lowest BCUT2D eigenvalue weighted by Gasteiger charge is -2.25.